The van der Waals surface area contributed by atoms with Crippen molar-refractivity contribution in [1.82, 2.24) is 9.62 Å². The first-order chi connectivity index (χ1) is 9.94. The van der Waals surface area contributed by atoms with Crippen molar-refractivity contribution in [2.75, 3.05) is 19.6 Å². The molecule has 1 aromatic rings. The average Bonchev–Trinajstić information content (AvgIpc) is 2.98. The number of nitrogens with one attached hydrogen (secondary N) is 1. The van der Waals surface area contributed by atoms with Crippen LogP contribution < -0.4 is 10.5 Å². The number of aryl methyl sites for hydroxylation is 1. The summed E-state index contributed by atoms with van der Waals surface area (Å²) in [6.45, 7) is 3.31. The molecule has 1 saturated heterocycles. The van der Waals surface area contributed by atoms with Gasteiger partial charge < -0.3 is 10.6 Å². The number of likely N-dealkylation sites (tertiary alicyclic amines) is 1. The van der Waals surface area contributed by atoms with E-state index in [-0.39, 0.29) is 17.3 Å². The zero-order valence-electron chi connectivity index (χ0n) is 12.1. The Morgan fingerprint density at radius 2 is 2.00 bits per heavy atom. The summed E-state index contributed by atoms with van der Waals surface area (Å²) in [5.41, 5.74) is 7.03. The molecule has 1 aliphatic rings. The van der Waals surface area contributed by atoms with E-state index in [2.05, 4.69) is 4.72 Å². The van der Waals surface area contributed by atoms with E-state index < -0.39 is 10.0 Å². The Kier molecular flexibility index (Phi) is 4.97. The van der Waals surface area contributed by atoms with Crippen LogP contribution in [0, 0.1) is 6.92 Å². The number of carbonyl (C=O) groups excluding carboxylic acids is 1. The Hall–Kier alpha value is -1.44. The van der Waals surface area contributed by atoms with Crippen molar-refractivity contribution in [3.63, 3.8) is 0 Å². The van der Waals surface area contributed by atoms with Crippen LogP contribution in [0.15, 0.2) is 23.1 Å². The number of hydrogen-bond donors (Lipinski definition) is 2. The Bertz CT molecular complexity index is 622. The molecule has 1 heterocycles. The first kappa shape index (κ1) is 15.9. The van der Waals surface area contributed by atoms with Gasteiger partial charge in [-0.15, -0.1) is 0 Å². The number of sulfonamides is 1. The van der Waals surface area contributed by atoms with E-state index in [0.717, 1.165) is 18.4 Å². The maximum atomic E-state index is 12.3. The fraction of sp³-hybridized carbons (Fsp3) is 0.500. The van der Waals surface area contributed by atoms with Gasteiger partial charge in [0, 0.05) is 19.6 Å². The number of nitrogens with zero attached hydrogens (tertiary/aromatic N) is 1. The molecule has 0 aromatic heterocycles. The van der Waals surface area contributed by atoms with Crippen LogP contribution in [0.2, 0.25) is 0 Å². The van der Waals surface area contributed by atoms with Crippen LogP contribution in [0.3, 0.4) is 0 Å². The van der Waals surface area contributed by atoms with Crippen molar-refractivity contribution in [3.05, 3.63) is 29.3 Å². The van der Waals surface area contributed by atoms with Crippen LogP contribution in [0.4, 0.5) is 0 Å². The molecular formula is C14H21N3O3S. The van der Waals surface area contributed by atoms with Crippen molar-refractivity contribution in [2.45, 2.75) is 31.2 Å². The first-order valence-electron chi connectivity index (χ1n) is 7.01. The van der Waals surface area contributed by atoms with E-state index in [1.807, 2.05) is 0 Å². The molecule has 1 fully saturated rings. The number of benzene rings is 1. The number of nitrogens with two attached hydrogens (primary N) is 1. The second-order valence-corrected chi connectivity index (χ2v) is 6.95. The largest absolute Gasteiger partial charge is 0.342 e. The topological polar surface area (TPSA) is 92.5 Å². The van der Waals surface area contributed by atoms with Crippen LogP contribution in [0.5, 0.6) is 0 Å². The van der Waals surface area contributed by atoms with E-state index in [0.29, 0.717) is 25.2 Å². The Balaban J connectivity index is 2.06. The summed E-state index contributed by atoms with van der Waals surface area (Å²) in [6.07, 6.45) is 1.97. The summed E-state index contributed by atoms with van der Waals surface area (Å²) in [7, 11) is -3.68. The van der Waals surface area contributed by atoms with Gasteiger partial charge in [0.1, 0.15) is 0 Å². The summed E-state index contributed by atoms with van der Waals surface area (Å²) in [5, 5.41) is 0. The van der Waals surface area contributed by atoms with Crippen LogP contribution in [-0.4, -0.2) is 38.9 Å². The van der Waals surface area contributed by atoms with Crippen molar-refractivity contribution < 1.29 is 13.2 Å². The molecule has 0 unspecified atom stereocenters. The van der Waals surface area contributed by atoms with Crippen LogP contribution in [0.1, 0.15) is 24.0 Å². The van der Waals surface area contributed by atoms with Crippen LogP contribution >= 0.6 is 0 Å². The normalized spacial score (nSPS) is 15.4. The van der Waals surface area contributed by atoms with Gasteiger partial charge in [-0.2, -0.15) is 0 Å². The van der Waals surface area contributed by atoms with Crippen LogP contribution in [0.25, 0.3) is 0 Å². The molecule has 0 radical (unpaired) electrons. The third-order valence-corrected chi connectivity index (χ3v) is 5.20. The van der Waals surface area contributed by atoms with E-state index in [1.54, 1.807) is 24.0 Å². The zero-order valence-corrected chi connectivity index (χ0v) is 12.9. The predicted octanol–water partition coefficient (Wildman–Crippen LogP) is 0.354. The molecular weight excluding hydrogens is 290 g/mol. The standard InChI is InChI=1S/C14H21N3O3S/c1-11-8-12(9-15)4-5-13(11)21(19,20)16-10-14(18)17-6-2-3-7-17/h4-5,8,16H,2-3,6-7,9-10,15H2,1H3. The minimum absolute atomic E-state index is 0.174. The highest BCUT2D eigenvalue weighted by Crippen LogP contribution is 2.16. The van der Waals surface area contributed by atoms with Crippen molar-refractivity contribution in [1.29, 1.82) is 0 Å². The van der Waals surface area contributed by atoms with Gasteiger partial charge in [-0.05, 0) is 37.0 Å². The van der Waals surface area contributed by atoms with Gasteiger partial charge in [0.05, 0.1) is 11.4 Å². The quantitative estimate of drug-likeness (QED) is 0.821. The molecule has 2 rings (SSSR count). The highest BCUT2D eigenvalue weighted by molar-refractivity contribution is 7.89. The molecule has 6 nitrogen and oxygen atoms in total. The van der Waals surface area contributed by atoms with E-state index >= 15 is 0 Å². The summed E-state index contributed by atoms with van der Waals surface area (Å²) >= 11 is 0. The molecule has 0 saturated carbocycles. The number of carbonyl (C=O) groups is 1. The predicted molar refractivity (Wildman–Crippen MR) is 80.1 cm³/mol. The van der Waals surface area contributed by atoms with Crippen molar-refractivity contribution >= 4 is 15.9 Å². The summed E-state index contributed by atoms with van der Waals surface area (Å²) in [6, 6.07) is 4.96. The van der Waals surface area contributed by atoms with Crippen molar-refractivity contribution in [3.8, 4) is 0 Å². The molecule has 1 aromatic carbocycles. The lowest BCUT2D eigenvalue weighted by Gasteiger charge is -2.16. The fourth-order valence-electron chi connectivity index (χ4n) is 2.45. The monoisotopic (exact) mass is 311 g/mol. The summed E-state index contributed by atoms with van der Waals surface area (Å²) in [5.74, 6) is -0.174. The smallest absolute Gasteiger partial charge is 0.241 e. The number of rotatable bonds is 5. The molecule has 0 bridgehead atoms. The molecule has 21 heavy (non-hydrogen) atoms. The molecule has 0 aliphatic carbocycles. The summed E-state index contributed by atoms with van der Waals surface area (Å²) in [4.78, 5) is 13.8. The molecule has 1 aliphatic heterocycles. The zero-order chi connectivity index (χ0) is 15.5. The number of hydrogen-bond acceptors (Lipinski definition) is 4. The molecule has 7 heteroatoms. The Morgan fingerprint density at radius 3 is 2.57 bits per heavy atom. The van der Waals surface area contributed by atoms with E-state index in [4.69, 9.17) is 5.73 Å². The van der Waals surface area contributed by atoms with Gasteiger partial charge in [-0.25, -0.2) is 13.1 Å². The molecule has 116 valence electrons. The highest BCUT2D eigenvalue weighted by atomic mass is 32.2. The van der Waals surface area contributed by atoms with E-state index in [1.165, 1.54) is 6.07 Å². The van der Waals surface area contributed by atoms with Gasteiger partial charge >= 0.3 is 0 Å². The molecule has 0 spiro atoms. The van der Waals surface area contributed by atoms with Crippen molar-refractivity contribution in [2.24, 2.45) is 5.73 Å². The Morgan fingerprint density at radius 1 is 1.33 bits per heavy atom. The van der Waals surface area contributed by atoms with Gasteiger partial charge in [-0.1, -0.05) is 12.1 Å². The lowest BCUT2D eigenvalue weighted by atomic mass is 10.1. The second kappa shape index (κ2) is 6.55. The number of amides is 1. The molecule has 1 amide bonds. The first-order valence-corrected chi connectivity index (χ1v) is 8.49. The Labute approximate surface area is 125 Å². The molecule has 3 N–H and O–H groups in total. The third-order valence-electron chi connectivity index (χ3n) is 3.64. The highest BCUT2D eigenvalue weighted by Gasteiger charge is 2.22. The fourth-order valence-corrected chi connectivity index (χ4v) is 3.65. The average molecular weight is 311 g/mol. The second-order valence-electron chi connectivity index (χ2n) is 5.22. The SMILES string of the molecule is Cc1cc(CN)ccc1S(=O)(=O)NCC(=O)N1CCCC1. The minimum atomic E-state index is -3.68. The van der Waals surface area contributed by atoms with Gasteiger partial charge in [0.15, 0.2) is 0 Å². The maximum Gasteiger partial charge on any atom is 0.241 e. The third kappa shape index (κ3) is 3.81. The van der Waals surface area contributed by atoms with Gasteiger partial charge in [0.2, 0.25) is 15.9 Å². The summed E-state index contributed by atoms with van der Waals surface area (Å²) < 4.78 is 26.9. The lowest BCUT2D eigenvalue weighted by molar-refractivity contribution is -0.128. The maximum absolute atomic E-state index is 12.3. The van der Waals surface area contributed by atoms with E-state index in [9.17, 15) is 13.2 Å². The molecule has 0 atom stereocenters. The lowest BCUT2D eigenvalue weighted by Crippen LogP contribution is -2.38. The minimum Gasteiger partial charge on any atom is -0.342 e. The van der Waals surface area contributed by atoms with Crippen LogP contribution in [-0.2, 0) is 21.4 Å². The van der Waals surface area contributed by atoms with Gasteiger partial charge in [-0.3, -0.25) is 4.79 Å². The van der Waals surface area contributed by atoms with Gasteiger partial charge in [0.25, 0.3) is 0 Å².